The zero-order chi connectivity index (χ0) is 17.9. The van der Waals surface area contributed by atoms with Crippen molar-refractivity contribution in [3.63, 3.8) is 0 Å². The predicted octanol–water partition coefficient (Wildman–Crippen LogP) is 2.69. The summed E-state index contributed by atoms with van der Waals surface area (Å²) >= 11 is 0. The molecule has 1 N–H and O–H groups in total. The molecule has 1 aliphatic rings. The van der Waals surface area contributed by atoms with Crippen LogP contribution in [0.25, 0.3) is 0 Å². The molecule has 0 bridgehead atoms. The first kappa shape index (κ1) is 17.5. The molecule has 25 heavy (non-hydrogen) atoms. The number of carbonyl (C=O) groups excluding carboxylic acids is 1. The van der Waals surface area contributed by atoms with E-state index in [4.69, 9.17) is 4.42 Å². The van der Waals surface area contributed by atoms with Crippen LogP contribution in [0.4, 0.5) is 5.82 Å². The minimum atomic E-state index is -0.0632. The van der Waals surface area contributed by atoms with Gasteiger partial charge in [-0.25, -0.2) is 9.97 Å². The van der Waals surface area contributed by atoms with Crippen molar-refractivity contribution in [3.8, 4) is 0 Å². The second-order valence-corrected chi connectivity index (χ2v) is 7.56. The van der Waals surface area contributed by atoms with Crippen LogP contribution in [0, 0.1) is 0 Å². The molecule has 3 rings (SSSR count). The third-order valence-corrected chi connectivity index (χ3v) is 4.39. The van der Waals surface area contributed by atoms with Crippen LogP contribution < -0.4 is 10.2 Å². The molecule has 1 fully saturated rings. The average Bonchev–Trinajstić information content (AvgIpc) is 3.23. The molecular weight excluding hydrogens is 316 g/mol. The molecule has 0 spiro atoms. The van der Waals surface area contributed by atoms with Crippen molar-refractivity contribution in [2.45, 2.75) is 51.5 Å². The van der Waals surface area contributed by atoms with Gasteiger partial charge in [-0.1, -0.05) is 26.8 Å². The van der Waals surface area contributed by atoms with Gasteiger partial charge in [-0.3, -0.25) is 4.79 Å². The Hall–Kier alpha value is -2.37. The number of nitrogens with zero attached hydrogens (tertiary/aromatic N) is 3. The van der Waals surface area contributed by atoms with Gasteiger partial charge in [0.05, 0.1) is 6.20 Å². The van der Waals surface area contributed by atoms with E-state index in [1.807, 2.05) is 18.2 Å². The molecule has 2 aromatic rings. The lowest BCUT2D eigenvalue weighted by molar-refractivity contribution is -0.121. The van der Waals surface area contributed by atoms with Gasteiger partial charge in [-0.15, -0.1) is 0 Å². The molecule has 3 heterocycles. The SMILES string of the molecule is CC(C)(C)c1cnc(CCC(=O)N[C@H]2CCN(c3ccccn3)C2)o1. The first-order valence-electron chi connectivity index (χ1n) is 8.82. The molecule has 1 saturated heterocycles. The quantitative estimate of drug-likeness (QED) is 0.904. The number of carbonyl (C=O) groups is 1. The van der Waals surface area contributed by atoms with E-state index in [0.717, 1.165) is 31.1 Å². The summed E-state index contributed by atoms with van der Waals surface area (Å²) in [4.78, 5) is 23.0. The van der Waals surface area contributed by atoms with E-state index >= 15 is 0 Å². The number of oxazole rings is 1. The number of aryl methyl sites for hydroxylation is 1. The monoisotopic (exact) mass is 342 g/mol. The standard InChI is InChI=1S/C19H26N4O2/c1-19(2,3)15-12-21-18(25-15)8-7-17(24)22-14-9-11-23(13-14)16-6-4-5-10-20-16/h4-6,10,12,14H,7-9,11,13H2,1-3H3,(H,22,24)/t14-/m0/s1. The molecule has 1 atom stereocenters. The van der Waals surface area contributed by atoms with Crippen LogP contribution in [0.15, 0.2) is 35.0 Å². The topological polar surface area (TPSA) is 71.3 Å². The van der Waals surface area contributed by atoms with Crippen molar-refractivity contribution in [1.29, 1.82) is 0 Å². The fraction of sp³-hybridized carbons (Fsp3) is 0.526. The summed E-state index contributed by atoms with van der Waals surface area (Å²) in [7, 11) is 0. The van der Waals surface area contributed by atoms with Gasteiger partial charge in [0.2, 0.25) is 5.91 Å². The lowest BCUT2D eigenvalue weighted by Gasteiger charge is -2.17. The zero-order valence-corrected chi connectivity index (χ0v) is 15.2. The Labute approximate surface area is 148 Å². The molecule has 134 valence electrons. The van der Waals surface area contributed by atoms with Gasteiger partial charge in [-0.2, -0.15) is 0 Å². The van der Waals surface area contributed by atoms with E-state index in [-0.39, 0.29) is 17.4 Å². The van der Waals surface area contributed by atoms with Gasteiger partial charge in [0.25, 0.3) is 0 Å². The summed E-state index contributed by atoms with van der Waals surface area (Å²) in [6.45, 7) is 7.96. The Balaban J connectivity index is 1.45. The van der Waals surface area contributed by atoms with Crippen LogP contribution >= 0.6 is 0 Å². The molecule has 0 aromatic carbocycles. The highest BCUT2D eigenvalue weighted by molar-refractivity contribution is 5.76. The average molecular weight is 342 g/mol. The summed E-state index contributed by atoms with van der Waals surface area (Å²) in [6.07, 6.45) is 5.41. The van der Waals surface area contributed by atoms with Crippen LogP contribution in [0.1, 0.15) is 45.3 Å². The van der Waals surface area contributed by atoms with Crippen molar-refractivity contribution < 1.29 is 9.21 Å². The summed E-state index contributed by atoms with van der Waals surface area (Å²) in [5.41, 5.74) is -0.0632. The highest BCUT2D eigenvalue weighted by atomic mass is 16.4. The molecule has 0 saturated carbocycles. The third kappa shape index (κ3) is 4.59. The fourth-order valence-corrected chi connectivity index (χ4v) is 2.92. The maximum atomic E-state index is 12.2. The molecule has 2 aromatic heterocycles. The Morgan fingerprint density at radius 1 is 1.36 bits per heavy atom. The summed E-state index contributed by atoms with van der Waals surface area (Å²) in [6, 6.07) is 6.06. The Morgan fingerprint density at radius 3 is 2.88 bits per heavy atom. The fourth-order valence-electron chi connectivity index (χ4n) is 2.92. The highest BCUT2D eigenvalue weighted by Gasteiger charge is 2.25. The molecule has 1 aliphatic heterocycles. The van der Waals surface area contributed by atoms with Crippen LogP contribution in [-0.2, 0) is 16.6 Å². The largest absolute Gasteiger partial charge is 0.445 e. The lowest BCUT2D eigenvalue weighted by atomic mass is 9.94. The second kappa shape index (κ2) is 7.25. The minimum Gasteiger partial charge on any atom is -0.445 e. The van der Waals surface area contributed by atoms with Crippen molar-refractivity contribution in [2.75, 3.05) is 18.0 Å². The number of nitrogens with one attached hydrogen (secondary N) is 1. The van der Waals surface area contributed by atoms with E-state index in [9.17, 15) is 4.79 Å². The number of rotatable bonds is 5. The number of hydrogen-bond donors (Lipinski definition) is 1. The number of hydrogen-bond acceptors (Lipinski definition) is 5. The number of aromatic nitrogens is 2. The highest BCUT2D eigenvalue weighted by Crippen LogP contribution is 2.23. The van der Waals surface area contributed by atoms with Gasteiger partial charge >= 0.3 is 0 Å². The van der Waals surface area contributed by atoms with Crippen molar-refractivity contribution in [2.24, 2.45) is 0 Å². The van der Waals surface area contributed by atoms with Crippen LogP contribution in [0.2, 0.25) is 0 Å². The van der Waals surface area contributed by atoms with Crippen molar-refractivity contribution in [3.05, 3.63) is 42.2 Å². The maximum absolute atomic E-state index is 12.2. The normalized spacial score (nSPS) is 17.7. The zero-order valence-electron chi connectivity index (χ0n) is 15.2. The van der Waals surface area contributed by atoms with Crippen molar-refractivity contribution in [1.82, 2.24) is 15.3 Å². The van der Waals surface area contributed by atoms with Gasteiger partial charge in [0.1, 0.15) is 11.6 Å². The smallest absolute Gasteiger partial charge is 0.220 e. The number of amides is 1. The second-order valence-electron chi connectivity index (χ2n) is 7.56. The van der Waals surface area contributed by atoms with Crippen LogP contribution in [0.5, 0.6) is 0 Å². The Morgan fingerprint density at radius 2 is 2.20 bits per heavy atom. The third-order valence-electron chi connectivity index (χ3n) is 4.39. The van der Waals surface area contributed by atoms with Crippen molar-refractivity contribution >= 4 is 11.7 Å². The number of pyridine rings is 1. The van der Waals surface area contributed by atoms with E-state index in [1.54, 1.807) is 12.4 Å². The summed E-state index contributed by atoms with van der Waals surface area (Å²) in [5, 5.41) is 3.11. The van der Waals surface area contributed by atoms with E-state index in [0.29, 0.717) is 18.7 Å². The Kier molecular flexibility index (Phi) is 5.06. The molecule has 0 aliphatic carbocycles. The lowest BCUT2D eigenvalue weighted by Crippen LogP contribution is -2.37. The van der Waals surface area contributed by atoms with Gasteiger partial charge in [-0.05, 0) is 18.6 Å². The van der Waals surface area contributed by atoms with Crippen LogP contribution in [-0.4, -0.2) is 35.0 Å². The molecular formula is C19H26N4O2. The van der Waals surface area contributed by atoms with Crippen LogP contribution in [0.3, 0.4) is 0 Å². The van der Waals surface area contributed by atoms with E-state index in [2.05, 4.69) is 41.0 Å². The molecule has 0 unspecified atom stereocenters. The molecule has 6 heteroatoms. The minimum absolute atomic E-state index is 0.0448. The summed E-state index contributed by atoms with van der Waals surface area (Å²) in [5.74, 6) is 2.49. The molecule has 1 amide bonds. The van der Waals surface area contributed by atoms with E-state index in [1.165, 1.54) is 0 Å². The maximum Gasteiger partial charge on any atom is 0.220 e. The number of anilines is 1. The van der Waals surface area contributed by atoms with Gasteiger partial charge in [0.15, 0.2) is 5.89 Å². The predicted molar refractivity (Wildman–Crippen MR) is 96.5 cm³/mol. The molecule has 0 radical (unpaired) electrons. The van der Waals surface area contributed by atoms with E-state index < -0.39 is 0 Å². The summed E-state index contributed by atoms with van der Waals surface area (Å²) < 4.78 is 5.74. The first-order chi connectivity index (χ1) is 11.9. The first-order valence-corrected chi connectivity index (χ1v) is 8.82. The molecule has 6 nitrogen and oxygen atoms in total. The van der Waals surface area contributed by atoms with Gasteiger partial charge < -0.3 is 14.6 Å². The van der Waals surface area contributed by atoms with Gasteiger partial charge in [0, 0.05) is 43.6 Å². The Bertz CT molecular complexity index is 706.